The van der Waals surface area contributed by atoms with Crippen LogP contribution in [0.2, 0.25) is 0 Å². The lowest BCUT2D eigenvalue weighted by atomic mass is 9.98. The van der Waals surface area contributed by atoms with Crippen LogP contribution in [0.15, 0.2) is 28.7 Å². The van der Waals surface area contributed by atoms with Crippen LogP contribution in [0.3, 0.4) is 0 Å². The SMILES string of the molecule is O=C1C2CCCCN2C(=O)CN1Cc1ccccc1Br. The molecule has 5 heteroatoms. The van der Waals surface area contributed by atoms with Gasteiger partial charge in [0.1, 0.15) is 12.6 Å². The van der Waals surface area contributed by atoms with Crippen LogP contribution in [0.4, 0.5) is 0 Å². The zero-order chi connectivity index (χ0) is 14.1. The van der Waals surface area contributed by atoms with Gasteiger partial charge in [0.15, 0.2) is 0 Å². The summed E-state index contributed by atoms with van der Waals surface area (Å²) in [4.78, 5) is 28.2. The Morgan fingerprint density at radius 1 is 1.20 bits per heavy atom. The maximum atomic E-state index is 12.5. The van der Waals surface area contributed by atoms with E-state index in [-0.39, 0.29) is 24.4 Å². The number of carbonyl (C=O) groups is 2. The molecule has 2 aliphatic rings. The first-order valence-electron chi connectivity index (χ1n) is 6.98. The fraction of sp³-hybridized carbons (Fsp3) is 0.467. The highest BCUT2D eigenvalue weighted by Crippen LogP contribution is 2.25. The van der Waals surface area contributed by atoms with E-state index in [0.29, 0.717) is 6.54 Å². The molecule has 0 radical (unpaired) electrons. The van der Waals surface area contributed by atoms with Crippen LogP contribution >= 0.6 is 15.9 Å². The molecule has 0 saturated carbocycles. The highest BCUT2D eigenvalue weighted by Gasteiger charge is 2.40. The lowest BCUT2D eigenvalue weighted by molar-refractivity contribution is -0.158. The topological polar surface area (TPSA) is 40.6 Å². The quantitative estimate of drug-likeness (QED) is 0.830. The largest absolute Gasteiger partial charge is 0.329 e. The monoisotopic (exact) mass is 336 g/mol. The molecular weight excluding hydrogens is 320 g/mol. The van der Waals surface area contributed by atoms with Gasteiger partial charge in [-0.1, -0.05) is 34.1 Å². The van der Waals surface area contributed by atoms with E-state index in [1.807, 2.05) is 24.3 Å². The molecule has 1 aromatic carbocycles. The van der Waals surface area contributed by atoms with Crippen LogP contribution in [-0.4, -0.2) is 40.7 Å². The summed E-state index contributed by atoms with van der Waals surface area (Å²) in [6, 6.07) is 7.60. The van der Waals surface area contributed by atoms with E-state index < -0.39 is 0 Å². The second-order valence-corrected chi connectivity index (χ2v) is 6.24. The first-order valence-corrected chi connectivity index (χ1v) is 7.78. The average molecular weight is 337 g/mol. The van der Waals surface area contributed by atoms with E-state index in [1.165, 1.54) is 0 Å². The molecule has 2 saturated heterocycles. The molecule has 1 unspecified atom stereocenters. The van der Waals surface area contributed by atoms with Crippen LogP contribution in [-0.2, 0) is 16.1 Å². The van der Waals surface area contributed by atoms with E-state index in [4.69, 9.17) is 0 Å². The van der Waals surface area contributed by atoms with Gasteiger partial charge in [0, 0.05) is 17.6 Å². The fourth-order valence-electron chi connectivity index (χ4n) is 3.00. The molecule has 0 N–H and O–H groups in total. The number of benzene rings is 1. The van der Waals surface area contributed by atoms with E-state index >= 15 is 0 Å². The smallest absolute Gasteiger partial charge is 0.246 e. The second kappa shape index (κ2) is 5.56. The van der Waals surface area contributed by atoms with Crippen LogP contribution in [0, 0.1) is 0 Å². The summed E-state index contributed by atoms with van der Waals surface area (Å²) < 4.78 is 0.978. The van der Waals surface area contributed by atoms with Gasteiger partial charge in [-0.25, -0.2) is 0 Å². The molecule has 0 bridgehead atoms. The van der Waals surface area contributed by atoms with E-state index in [2.05, 4.69) is 15.9 Å². The van der Waals surface area contributed by atoms with Crippen molar-refractivity contribution in [2.24, 2.45) is 0 Å². The summed E-state index contributed by atoms with van der Waals surface area (Å²) in [6.45, 7) is 1.44. The zero-order valence-corrected chi connectivity index (χ0v) is 12.8. The Labute approximate surface area is 126 Å². The van der Waals surface area contributed by atoms with Crippen molar-refractivity contribution in [2.75, 3.05) is 13.1 Å². The number of hydrogen-bond acceptors (Lipinski definition) is 2. The predicted molar refractivity (Wildman–Crippen MR) is 78.9 cm³/mol. The van der Waals surface area contributed by atoms with E-state index in [0.717, 1.165) is 35.8 Å². The van der Waals surface area contributed by atoms with E-state index in [1.54, 1.807) is 9.80 Å². The Morgan fingerprint density at radius 2 is 2.00 bits per heavy atom. The number of hydrogen-bond donors (Lipinski definition) is 0. The molecule has 106 valence electrons. The van der Waals surface area contributed by atoms with Gasteiger partial charge in [-0.15, -0.1) is 0 Å². The zero-order valence-electron chi connectivity index (χ0n) is 11.2. The van der Waals surface area contributed by atoms with Crippen molar-refractivity contribution in [2.45, 2.75) is 31.8 Å². The fourth-order valence-corrected chi connectivity index (χ4v) is 3.41. The lowest BCUT2D eigenvalue weighted by Crippen LogP contribution is -2.60. The molecular formula is C15H17BrN2O2. The lowest BCUT2D eigenvalue weighted by Gasteiger charge is -2.42. The summed E-state index contributed by atoms with van der Waals surface area (Å²) >= 11 is 3.49. The number of carbonyl (C=O) groups excluding carboxylic acids is 2. The molecule has 1 atom stereocenters. The summed E-state index contributed by atoms with van der Waals surface area (Å²) in [5, 5.41) is 0. The minimum Gasteiger partial charge on any atom is -0.329 e. The maximum absolute atomic E-state index is 12.5. The molecule has 2 aliphatic heterocycles. The van der Waals surface area contributed by atoms with Crippen molar-refractivity contribution < 1.29 is 9.59 Å². The third-order valence-corrected chi connectivity index (χ3v) is 4.84. The first kappa shape index (κ1) is 13.6. The normalized spacial score (nSPS) is 22.9. The average Bonchev–Trinajstić information content (AvgIpc) is 2.47. The maximum Gasteiger partial charge on any atom is 0.246 e. The van der Waals surface area contributed by atoms with Crippen molar-refractivity contribution in [1.29, 1.82) is 0 Å². The van der Waals surface area contributed by atoms with Gasteiger partial charge in [0.25, 0.3) is 0 Å². The van der Waals surface area contributed by atoms with Crippen LogP contribution in [0.25, 0.3) is 0 Å². The summed E-state index contributed by atoms with van der Waals surface area (Å²) in [5.74, 6) is 0.182. The first-order chi connectivity index (χ1) is 9.66. The van der Waals surface area contributed by atoms with Gasteiger partial charge in [-0.3, -0.25) is 9.59 Å². The number of piperidine rings is 1. The van der Waals surface area contributed by atoms with Gasteiger partial charge in [0.05, 0.1) is 0 Å². The van der Waals surface area contributed by atoms with Crippen molar-refractivity contribution in [3.05, 3.63) is 34.3 Å². The van der Waals surface area contributed by atoms with Crippen molar-refractivity contribution in [1.82, 2.24) is 9.80 Å². The Morgan fingerprint density at radius 3 is 2.80 bits per heavy atom. The standard InChI is InChI=1S/C15H17BrN2O2/c16-12-6-2-1-5-11(12)9-17-10-14(19)18-8-4-3-7-13(18)15(17)20/h1-2,5-6,13H,3-4,7-10H2. The molecule has 2 heterocycles. The number of piperazine rings is 1. The van der Waals surface area contributed by atoms with Crippen LogP contribution in [0.1, 0.15) is 24.8 Å². The van der Waals surface area contributed by atoms with Gasteiger partial charge >= 0.3 is 0 Å². The number of rotatable bonds is 2. The predicted octanol–water partition coefficient (Wildman–Crippen LogP) is 2.17. The van der Waals surface area contributed by atoms with Crippen LogP contribution < -0.4 is 0 Å². The minimum atomic E-state index is -0.229. The molecule has 0 aromatic heterocycles. The Kier molecular flexibility index (Phi) is 3.78. The minimum absolute atomic E-state index is 0.0846. The second-order valence-electron chi connectivity index (χ2n) is 5.38. The molecule has 2 fully saturated rings. The Balaban J connectivity index is 1.79. The van der Waals surface area contributed by atoms with Crippen molar-refractivity contribution in [3.63, 3.8) is 0 Å². The summed E-state index contributed by atoms with van der Waals surface area (Å²) in [6.07, 6.45) is 2.85. The van der Waals surface area contributed by atoms with Gasteiger partial charge in [-0.2, -0.15) is 0 Å². The Bertz CT molecular complexity index is 546. The molecule has 1 aromatic rings. The van der Waals surface area contributed by atoms with Gasteiger partial charge < -0.3 is 9.80 Å². The summed E-state index contributed by atoms with van der Waals surface area (Å²) in [7, 11) is 0. The molecule has 3 rings (SSSR count). The molecule has 0 aliphatic carbocycles. The highest BCUT2D eigenvalue weighted by atomic mass is 79.9. The molecule has 20 heavy (non-hydrogen) atoms. The van der Waals surface area contributed by atoms with Crippen molar-refractivity contribution >= 4 is 27.7 Å². The number of fused-ring (bicyclic) bond motifs is 1. The van der Waals surface area contributed by atoms with E-state index in [9.17, 15) is 9.59 Å². The van der Waals surface area contributed by atoms with Gasteiger partial charge in [0.2, 0.25) is 11.8 Å². The van der Waals surface area contributed by atoms with Crippen LogP contribution in [0.5, 0.6) is 0 Å². The van der Waals surface area contributed by atoms with Crippen molar-refractivity contribution in [3.8, 4) is 0 Å². The highest BCUT2D eigenvalue weighted by molar-refractivity contribution is 9.10. The number of amides is 2. The third kappa shape index (κ3) is 2.46. The third-order valence-electron chi connectivity index (χ3n) is 4.07. The number of halogens is 1. The number of nitrogens with zero attached hydrogens (tertiary/aromatic N) is 2. The molecule has 2 amide bonds. The Hall–Kier alpha value is -1.36. The molecule has 0 spiro atoms. The molecule has 4 nitrogen and oxygen atoms in total. The summed E-state index contributed by atoms with van der Waals surface area (Å²) in [5.41, 5.74) is 1.04. The van der Waals surface area contributed by atoms with Gasteiger partial charge in [-0.05, 0) is 30.9 Å².